The number of fused-ring (bicyclic) bond motifs is 6. The molecule has 2 unspecified atom stereocenters. The maximum Gasteiger partial charge on any atom is 0.344 e. The lowest BCUT2D eigenvalue weighted by Crippen LogP contribution is -2.78. The minimum absolute atomic E-state index is 0.0237. The summed E-state index contributed by atoms with van der Waals surface area (Å²) < 4.78 is 24.0. The highest BCUT2D eigenvalue weighted by atomic mass is 32.2. The van der Waals surface area contributed by atoms with Crippen LogP contribution in [-0.4, -0.2) is 122 Å². The molecule has 3 aromatic rings. The van der Waals surface area contributed by atoms with Crippen molar-refractivity contribution in [3.63, 3.8) is 0 Å². The number of esters is 3. The molecule has 1 aromatic heterocycles. The number of thioether (sulfide) groups is 1. The van der Waals surface area contributed by atoms with Crippen LogP contribution >= 0.6 is 11.8 Å². The summed E-state index contributed by atoms with van der Waals surface area (Å²) in [5.74, 6) is -0.850. The number of H-pyrrole nitrogens is 1. The van der Waals surface area contributed by atoms with E-state index in [1.165, 1.54) is 31.6 Å². The van der Waals surface area contributed by atoms with Gasteiger partial charge >= 0.3 is 17.9 Å². The fourth-order valence-electron chi connectivity index (χ4n) is 12.9. The summed E-state index contributed by atoms with van der Waals surface area (Å²) in [5.41, 5.74) is 3.14. The monoisotopic (exact) mass is 838 g/mol. The molecule has 13 heteroatoms. The van der Waals surface area contributed by atoms with Gasteiger partial charge in [0.2, 0.25) is 5.60 Å². The molecule has 2 fully saturated rings. The molecule has 1 aliphatic carbocycles. The predicted octanol–water partition coefficient (Wildman–Crippen LogP) is 5.87. The average Bonchev–Trinajstić information content (AvgIpc) is 3.89. The fraction of sp³-hybridized carbons (Fsp3) is 0.553. The van der Waals surface area contributed by atoms with Crippen LogP contribution in [0.15, 0.2) is 58.5 Å². The number of ether oxygens (including phenoxy) is 4. The number of nitrogens with one attached hydrogen (secondary N) is 1. The van der Waals surface area contributed by atoms with Crippen LogP contribution in [0.1, 0.15) is 75.8 Å². The molecule has 0 radical (unpaired) electrons. The van der Waals surface area contributed by atoms with Crippen molar-refractivity contribution < 1.29 is 38.4 Å². The molecule has 12 nitrogen and oxygen atoms in total. The first kappa shape index (κ1) is 41.1. The summed E-state index contributed by atoms with van der Waals surface area (Å²) in [7, 11) is 6.26. The number of aliphatic hydroxyl groups is 1. The van der Waals surface area contributed by atoms with Crippen molar-refractivity contribution in [1.82, 2.24) is 14.8 Å². The Kier molecular flexibility index (Phi) is 10.2. The van der Waals surface area contributed by atoms with Crippen molar-refractivity contribution in [1.29, 1.82) is 0 Å². The lowest BCUT2D eigenvalue weighted by atomic mass is 9.52. The number of benzene rings is 2. The van der Waals surface area contributed by atoms with Crippen LogP contribution in [-0.2, 0) is 46.0 Å². The molecule has 320 valence electrons. The zero-order valence-corrected chi connectivity index (χ0v) is 36.9. The molecule has 9 atom stereocenters. The van der Waals surface area contributed by atoms with Gasteiger partial charge in [0.1, 0.15) is 11.2 Å². The average molecular weight is 839 g/mol. The normalized spacial score (nSPS) is 32.7. The maximum atomic E-state index is 15.3. The first-order valence-corrected chi connectivity index (χ1v) is 22.5. The van der Waals surface area contributed by atoms with Gasteiger partial charge in [-0.1, -0.05) is 44.1 Å². The largest absolute Gasteiger partial charge is 0.496 e. The van der Waals surface area contributed by atoms with E-state index >= 15 is 4.79 Å². The van der Waals surface area contributed by atoms with Gasteiger partial charge in [0.25, 0.3) is 0 Å². The Morgan fingerprint density at radius 1 is 1.00 bits per heavy atom. The second kappa shape index (κ2) is 15.0. The molecule has 5 aliphatic heterocycles. The van der Waals surface area contributed by atoms with Crippen LogP contribution < -0.4 is 9.64 Å². The van der Waals surface area contributed by atoms with Gasteiger partial charge in [-0.05, 0) is 79.3 Å². The first-order valence-electron chi connectivity index (χ1n) is 21.5. The van der Waals surface area contributed by atoms with Gasteiger partial charge < -0.3 is 33.9 Å². The van der Waals surface area contributed by atoms with Crippen LogP contribution in [0.3, 0.4) is 0 Å². The lowest BCUT2D eigenvalue weighted by molar-refractivity contribution is -0.212. The van der Waals surface area contributed by atoms with Gasteiger partial charge in [0.15, 0.2) is 6.10 Å². The van der Waals surface area contributed by atoms with Gasteiger partial charge in [-0.2, -0.15) is 0 Å². The molecule has 1 spiro atoms. The number of carbonyl (C=O) groups is 3. The molecule has 2 bridgehead atoms. The number of aromatic amines is 1. The molecule has 6 aliphatic rings. The van der Waals surface area contributed by atoms with E-state index in [-0.39, 0.29) is 17.9 Å². The van der Waals surface area contributed by atoms with E-state index in [1.54, 1.807) is 18.9 Å². The molecule has 1 saturated carbocycles. The van der Waals surface area contributed by atoms with E-state index in [2.05, 4.69) is 72.0 Å². The number of carbonyl (C=O) groups excluding carboxylic acids is 3. The Morgan fingerprint density at radius 2 is 1.78 bits per heavy atom. The molecular formula is C47H58N4O8S. The smallest absolute Gasteiger partial charge is 0.344 e. The highest BCUT2D eigenvalue weighted by molar-refractivity contribution is 7.99. The standard InChI is InChI=1S/C47H58N4O8S/c1-9-27-18-28-22-46(43(53)57-7,39-32(25-50(23-27)24-28)31-19-30(60-11-3)12-13-35(31)48-39)34-20-33-36(21-37(34)56-6)49(5)42-45(33)15-17-51-16-14-29(10-2)38(40(45)51)41(59-26(4)52)47(42,55)44(54)58-8/h12-14,18-21,28,38,40-42,48,55H,9-11,15-17,22-25H2,1-8H3/t28-,38?,40+,41-,42-,45-,46+,47-/m1/s1. The first-order chi connectivity index (χ1) is 28.8. The van der Waals surface area contributed by atoms with Crippen LogP contribution in [0.4, 0.5) is 5.69 Å². The second-order valence-corrected chi connectivity index (χ2v) is 19.0. The Hall–Kier alpha value is -4.30. The molecule has 2 aromatic carbocycles. The molecule has 9 rings (SSSR count). The van der Waals surface area contributed by atoms with Crippen molar-refractivity contribution in [3.05, 3.63) is 76.0 Å². The summed E-state index contributed by atoms with van der Waals surface area (Å²) >= 11 is 1.79. The molecular weight excluding hydrogens is 781 g/mol. The third kappa shape index (κ3) is 5.57. The Labute approximate surface area is 356 Å². The van der Waals surface area contributed by atoms with Gasteiger partial charge in [0.05, 0.1) is 27.4 Å². The van der Waals surface area contributed by atoms with Gasteiger partial charge in [-0.3, -0.25) is 19.4 Å². The lowest BCUT2D eigenvalue weighted by Gasteiger charge is -2.59. The zero-order chi connectivity index (χ0) is 42.5. The third-order valence-corrected chi connectivity index (χ3v) is 15.8. The molecule has 1 saturated heterocycles. The van der Waals surface area contributed by atoms with E-state index in [0.717, 1.165) is 64.2 Å². The van der Waals surface area contributed by atoms with Crippen LogP contribution in [0.25, 0.3) is 10.9 Å². The van der Waals surface area contributed by atoms with E-state index in [1.807, 2.05) is 18.0 Å². The zero-order valence-electron chi connectivity index (χ0n) is 36.1. The second-order valence-electron chi connectivity index (χ2n) is 17.6. The summed E-state index contributed by atoms with van der Waals surface area (Å²) in [6, 6.07) is 9.52. The highest BCUT2D eigenvalue weighted by Gasteiger charge is 2.77. The van der Waals surface area contributed by atoms with Crippen molar-refractivity contribution in [2.45, 2.75) is 99.4 Å². The van der Waals surface area contributed by atoms with Crippen molar-refractivity contribution in [3.8, 4) is 5.75 Å². The number of nitrogens with zero attached hydrogens (tertiary/aromatic N) is 3. The Bertz CT molecular complexity index is 2340. The van der Waals surface area contributed by atoms with Gasteiger partial charge in [-0.25, -0.2) is 4.79 Å². The predicted molar refractivity (Wildman–Crippen MR) is 230 cm³/mol. The number of likely N-dealkylation sites (N-methyl/N-ethyl adjacent to an activating group) is 1. The van der Waals surface area contributed by atoms with Crippen LogP contribution in [0.5, 0.6) is 5.75 Å². The van der Waals surface area contributed by atoms with Gasteiger partial charge in [0, 0.05) is 96.3 Å². The van der Waals surface area contributed by atoms with E-state index < -0.39 is 46.4 Å². The van der Waals surface area contributed by atoms with Crippen molar-refractivity contribution >= 4 is 46.3 Å². The quantitative estimate of drug-likeness (QED) is 0.116. The highest BCUT2D eigenvalue weighted by Crippen LogP contribution is 2.65. The SMILES string of the molecule is CCSc1ccc2[nH]c3c(c2c1)CN1CC(CC)=C[C@@H](C1)C[C@]3(C(=O)OC)c1cc2c(cc1OC)N(C)[C@H]1[C@@](O)(C(=O)OC)[C@H](OC(C)=O)C3C(CC)=CCN4CC[C@]21[C@H]34. The third-order valence-electron chi connectivity index (χ3n) is 15.0. The van der Waals surface area contributed by atoms with Gasteiger partial charge in [-0.15, -0.1) is 11.8 Å². The summed E-state index contributed by atoms with van der Waals surface area (Å²) in [5, 5.41) is 14.4. The van der Waals surface area contributed by atoms with Crippen LogP contribution in [0, 0.1) is 11.8 Å². The number of anilines is 1. The molecule has 60 heavy (non-hydrogen) atoms. The van der Waals surface area contributed by atoms with Crippen molar-refractivity contribution in [2.75, 3.05) is 65.2 Å². The number of aromatic nitrogens is 1. The summed E-state index contributed by atoms with van der Waals surface area (Å²) in [6.45, 7) is 11.4. The number of hydrogen-bond donors (Lipinski definition) is 2. The molecule has 2 N–H and O–H groups in total. The molecule has 0 amide bonds. The number of methoxy groups -OCH3 is 3. The maximum absolute atomic E-state index is 15.3. The summed E-state index contributed by atoms with van der Waals surface area (Å²) in [4.78, 5) is 54.5. The molecule has 6 heterocycles. The minimum atomic E-state index is -2.25. The Morgan fingerprint density at radius 3 is 2.47 bits per heavy atom. The van der Waals surface area contributed by atoms with E-state index in [9.17, 15) is 14.7 Å². The Balaban J connectivity index is 1.36. The fourth-order valence-corrected chi connectivity index (χ4v) is 13.6. The van der Waals surface area contributed by atoms with E-state index in [4.69, 9.17) is 18.9 Å². The van der Waals surface area contributed by atoms with Crippen molar-refractivity contribution in [2.24, 2.45) is 11.8 Å². The topological polar surface area (TPSA) is 134 Å². The number of hydrogen-bond acceptors (Lipinski definition) is 12. The summed E-state index contributed by atoms with van der Waals surface area (Å²) in [6.07, 6.45) is 5.94. The van der Waals surface area contributed by atoms with Crippen LogP contribution in [0.2, 0.25) is 0 Å². The number of rotatable bonds is 9. The minimum Gasteiger partial charge on any atom is -0.496 e. The van der Waals surface area contributed by atoms with E-state index in [0.29, 0.717) is 50.2 Å².